The number of allylic oxidation sites excluding steroid dienone is 4. The van der Waals surface area contributed by atoms with Crippen molar-refractivity contribution in [2.24, 2.45) is 11.8 Å². The highest BCUT2D eigenvalue weighted by atomic mass is 28.5. The van der Waals surface area contributed by atoms with E-state index in [-0.39, 0.29) is 17.0 Å². The SMILES string of the molecule is F[Si](F)(F)C1=CC2C=CC1C2. The molecule has 0 radical (unpaired) electrons. The lowest BCUT2D eigenvalue weighted by Crippen LogP contribution is -2.22. The van der Waals surface area contributed by atoms with Crippen molar-refractivity contribution in [3.8, 4) is 0 Å². The molecular weight excluding hydrogens is 169 g/mol. The normalized spacial score (nSPS) is 34.6. The van der Waals surface area contributed by atoms with E-state index in [4.69, 9.17) is 0 Å². The van der Waals surface area contributed by atoms with Crippen LogP contribution in [0.4, 0.5) is 12.3 Å². The third-order valence-electron chi connectivity index (χ3n) is 2.24. The van der Waals surface area contributed by atoms with Gasteiger partial charge in [0.15, 0.2) is 0 Å². The Hall–Kier alpha value is -0.513. The van der Waals surface area contributed by atoms with Crippen LogP contribution >= 0.6 is 0 Å². The zero-order valence-corrected chi connectivity index (χ0v) is 6.73. The summed E-state index contributed by atoms with van der Waals surface area (Å²) in [6, 6.07) is 0. The maximum absolute atomic E-state index is 12.3. The van der Waals surface area contributed by atoms with Crippen molar-refractivity contribution >= 4 is 9.08 Å². The molecule has 0 saturated carbocycles. The van der Waals surface area contributed by atoms with Gasteiger partial charge in [0.25, 0.3) is 0 Å². The Morgan fingerprint density at radius 2 is 2.00 bits per heavy atom. The first-order valence-electron chi connectivity index (χ1n) is 3.54. The van der Waals surface area contributed by atoms with Crippen LogP contribution in [-0.2, 0) is 0 Å². The largest absolute Gasteiger partial charge is 0.649 e. The second kappa shape index (κ2) is 2.00. The van der Waals surface area contributed by atoms with Gasteiger partial charge in [0, 0.05) is 11.1 Å². The number of rotatable bonds is 1. The highest BCUT2D eigenvalue weighted by molar-refractivity contribution is 6.67. The van der Waals surface area contributed by atoms with Gasteiger partial charge in [0.2, 0.25) is 0 Å². The number of hydrogen-bond acceptors (Lipinski definition) is 0. The summed E-state index contributed by atoms with van der Waals surface area (Å²) in [5.74, 6) is -0.198. The second-order valence-electron chi connectivity index (χ2n) is 3.01. The molecule has 0 aromatic rings. The third kappa shape index (κ3) is 1.05. The van der Waals surface area contributed by atoms with Gasteiger partial charge in [-0.15, -0.1) is 0 Å². The van der Waals surface area contributed by atoms with Crippen molar-refractivity contribution in [3.05, 3.63) is 23.4 Å². The van der Waals surface area contributed by atoms with Gasteiger partial charge in [-0.25, -0.2) is 12.3 Å². The van der Waals surface area contributed by atoms with Crippen LogP contribution < -0.4 is 0 Å². The Kier molecular flexibility index (Phi) is 1.30. The van der Waals surface area contributed by atoms with E-state index in [0.29, 0.717) is 6.42 Å². The first kappa shape index (κ1) is 7.15. The highest BCUT2D eigenvalue weighted by Crippen LogP contribution is 2.43. The fourth-order valence-corrected chi connectivity index (χ4v) is 2.78. The van der Waals surface area contributed by atoms with Crippen LogP contribution in [0, 0.1) is 11.8 Å². The van der Waals surface area contributed by atoms with Gasteiger partial charge in [0.05, 0.1) is 0 Å². The van der Waals surface area contributed by atoms with E-state index >= 15 is 0 Å². The number of hydrogen-bond donors (Lipinski definition) is 0. The van der Waals surface area contributed by atoms with E-state index in [1.165, 1.54) is 6.08 Å². The Balaban J connectivity index is 2.26. The van der Waals surface area contributed by atoms with Crippen LogP contribution in [0.3, 0.4) is 0 Å². The Morgan fingerprint density at radius 1 is 1.27 bits per heavy atom. The average Bonchev–Trinajstić information content (AvgIpc) is 2.42. The Labute approximate surface area is 63.9 Å². The van der Waals surface area contributed by atoms with Crippen LogP contribution in [0.1, 0.15) is 6.42 Å². The van der Waals surface area contributed by atoms with Crippen molar-refractivity contribution in [1.29, 1.82) is 0 Å². The van der Waals surface area contributed by atoms with Crippen molar-refractivity contribution < 1.29 is 12.3 Å². The van der Waals surface area contributed by atoms with Gasteiger partial charge in [-0.1, -0.05) is 18.2 Å². The standard InChI is InChI=1S/C7H7F3Si/c8-11(9,10)7-4-5-1-2-6(7)3-5/h1-2,4-6H,3H2. The molecule has 11 heavy (non-hydrogen) atoms. The van der Waals surface area contributed by atoms with Gasteiger partial charge < -0.3 is 0 Å². The first-order valence-corrected chi connectivity index (χ1v) is 5.18. The summed E-state index contributed by atoms with van der Waals surface area (Å²) in [6.07, 6.45) is 5.63. The monoisotopic (exact) mass is 176 g/mol. The maximum Gasteiger partial charge on any atom is 0.649 e. The van der Waals surface area contributed by atoms with E-state index in [0.717, 1.165) is 0 Å². The predicted octanol–water partition coefficient (Wildman–Crippen LogP) is 2.51. The van der Waals surface area contributed by atoms with E-state index in [9.17, 15) is 12.3 Å². The molecule has 0 spiro atoms. The molecule has 0 N–H and O–H groups in total. The Bertz CT molecular complexity index is 239. The maximum atomic E-state index is 12.3. The molecular formula is C7H7F3Si. The topological polar surface area (TPSA) is 0 Å². The van der Waals surface area contributed by atoms with E-state index in [1.807, 2.05) is 6.08 Å². The van der Waals surface area contributed by atoms with Gasteiger partial charge in [-0.3, -0.25) is 0 Å². The molecule has 0 nitrogen and oxygen atoms in total. The molecule has 2 aliphatic carbocycles. The summed E-state index contributed by atoms with van der Waals surface area (Å²) in [6.45, 7) is 0. The molecule has 0 amide bonds. The molecule has 2 bridgehead atoms. The minimum atomic E-state index is -5.47. The summed E-state index contributed by atoms with van der Waals surface area (Å²) in [7, 11) is -5.47. The zero-order valence-electron chi connectivity index (χ0n) is 5.73. The van der Waals surface area contributed by atoms with E-state index in [2.05, 4.69) is 0 Å². The fraction of sp³-hybridized carbons (Fsp3) is 0.429. The van der Waals surface area contributed by atoms with Crippen molar-refractivity contribution in [1.82, 2.24) is 0 Å². The lowest BCUT2D eigenvalue weighted by molar-refractivity contribution is 0.480. The molecule has 0 aromatic heterocycles. The smallest absolute Gasteiger partial charge is 0.234 e. The molecule has 0 heterocycles. The van der Waals surface area contributed by atoms with E-state index in [1.54, 1.807) is 6.08 Å². The summed E-state index contributed by atoms with van der Waals surface area (Å²) in [4.78, 5) is 0. The second-order valence-corrected chi connectivity index (χ2v) is 4.58. The van der Waals surface area contributed by atoms with Crippen molar-refractivity contribution in [2.75, 3.05) is 0 Å². The molecule has 0 fully saturated rings. The molecule has 0 aliphatic heterocycles. The number of fused-ring (bicyclic) bond motifs is 2. The summed E-state index contributed by atoms with van der Waals surface area (Å²) >= 11 is 0. The molecule has 2 atom stereocenters. The van der Waals surface area contributed by atoms with Crippen molar-refractivity contribution in [2.45, 2.75) is 6.42 Å². The highest BCUT2D eigenvalue weighted by Gasteiger charge is 2.49. The summed E-state index contributed by atoms with van der Waals surface area (Å²) in [5.41, 5.74) is 0. The molecule has 2 unspecified atom stereocenters. The summed E-state index contributed by atoms with van der Waals surface area (Å²) < 4.78 is 36.8. The molecule has 0 saturated heterocycles. The molecule has 2 rings (SSSR count). The Morgan fingerprint density at radius 3 is 2.27 bits per heavy atom. The molecule has 0 aromatic carbocycles. The number of halogens is 3. The average molecular weight is 176 g/mol. The van der Waals surface area contributed by atoms with E-state index < -0.39 is 9.08 Å². The molecule has 2 aliphatic rings. The van der Waals surface area contributed by atoms with Gasteiger partial charge in [-0.05, 0) is 12.3 Å². The molecule has 4 heteroatoms. The van der Waals surface area contributed by atoms with Gasteiger partial charge >= 0.3 is 9.08 Å². The van der Waals surface area contributed by atoms with Crippen LogP contribution in [0.5, 0.6) is 0 Å². The van der Waals surface area contributed by atoms with Crippen LogP contribution in [0.15, 0.2) is 23.4 Å². The van der Waals surface area contributed by atoms with Crippen molar-refractivity contribution in [3.63, 3.8) is 0 Å². The van der Waals surface area contributed by atoms with Gasteiger partial charge in [-0.2, -0.15) is 0 Å². The fourth-order valence-electron chi connectivity index (χ4n) is 1.74. The minimum absolute atomic E-state index is 0.0872. The van der Waals surface area contributed by atoms with Gasteiger partial charge in [0.1, 0.15) is 0 Å². The summed E-state index contributed by atoms with van der Waals surface area (Å²) in [5, 5.41) is -0.204. The zero-order chi connectivity index (χ0) is 8.06. The quantitative estimate of drug-likeness (QED) is 0.327. The van der Waals surface area contributed by atoms with Crippen LogP contribution in [-0.4, -0.2) is 9.08 Å². The lowest BCUT2D eigenvalue weighted by Gasteiger charge is -2.09. The third-order valence-corrected chi connectivity index (χ3v) is 3.43. The van der Waals surface area contributed by atoms with Crippen LogP contribution in [0.2, 0.25) is 0 Å². The first-order chi connectivity index (χ1) is 5.07. The van der Waals surface area contributed by atoms with Crippen LogP contribution in [0.25, 0.3) is 0 Å². The lowest BCUT2D eigenvalue weighted by atomic mass is 10.2. The minimum Gasteiger partial charge on any atom is -0.234 e. The molecule has 60 valence electrons. The predicted molar refractivity (Wildman–Crippen MR) is 37.9 cm³/mol.